The number of rotatable bonds is 6. The van der Waals surface area contributed by atoms with Crippen LogP contribution < -0.4 is 9.47 Å². The molecule has 1 aromatic carbocycles. The van der Waals surface area contributed by atoms with Gasteiger partial charge in [0.1, 0.15) is 23.3 Å². The van der Waals surface area contributed by atoms with Crippen LogP contribution in [0.4, 0.5) is 0 Å². The molecule has 1 aliphatic carbocycles. The molecular weight excluding hydrogens is 328 g/mol. The van der Waals surface area contributed by atoms with E-state index >= 15 is 0 Å². The maximum Gasteiger partial charge on any atom is 0.220 e. The van der Waals surface area contributed by atoms with Crippen LogP contribution in [0, 0.1) is 0 Å². The number of aromatic nitrogens is 2. The number of nitrogens with zero attached hydrogens (tertiary/aromatic N) is 2. The van der Waals surface area contributed by atoms with E-state index in [2.05, 4.69) is 10.1 Å². The normalized spacial score (nSPS) is 13.7. The summed E-state index contributed by atoms with van der Waals surface area (Å²) >= 11 is 5.84. The van der Waals surface area contributed by atoms with Crippen molar-refractivity contribution in [2.45, 2.75) is 25.4 Å². The minimum Gasteiger partial charge on any atom is -0.486 e. The highest BCUT2D eigenvalue weighted by Gasteiger charge is 2.27. The van der Waals surface area contributed by atoms with Crippen molar-refractivity contribution in [1.29, 1.82) is 0 Å². The monoisotopic (exact) mass is 342 g/mol. The summed E-state index contributed by atoms with van der Waals surface area (Å²) < 4.78 is 16.6. The Bertz CT molecular complexity index is 828. The Hall–Kier alpha value is -2.53. The predicted molar refractivity (Wildman–Crippen MR) is 88.6 cm³/mol. The van der Waals surface area contributed by atoms with Crippen molar-refractivity contribution in [3.63, 3.8) is 0 Å². The standard InChI is InChI=1S/C18H15ClN2O3/c19-17-2-1-3-18(20-17)23-14-8-6-13(7-9-14)22-11-15-10-16(21-24-15)12-4-5-12/h1-3,6-10,12H,4-5,11H2. The first-order chi connectivity index (χ1) is 11.8. The second kappa shape index (κ2) is 6.53. The van der Waals surface area contributed by atoms with E-state index in [0.717, 1.165) is 17.2 Å². The average Bonchev–Trinajstić information content (AvgIpc) is 3.33. The van der Waals surface area contributed by atoms with E-state index in [9.17, 15) is 0 Å². The molecule has 122 valence electrons. The molecule has 1 fully saturated rings. The molecular formula is C18H15ClN2O3. The van der Waals surface area contributed by atoms with Gasteiger partial charge in [-0.2, -0.15) is 0 Å². The van der Waals surface area contributed by atoms with Crippen molar-refractivity contribution in [1.82, 2.24) is 10.1 Å². The molecule has 0 aliphatic heterocycles. The van der Waals surface area contributed by atoms with Crippen LogP contribution in [0.25, 0.3) is 0 Å². The lowest BCUT2D eigenvalue weighted by molar-refractivity contribution is 0.248. The summed E-state index contributed by atoms with van der Waals surface area (Å²) in [7, 11) is 0. The molecule has 1 aliphatic rings. The van der Waals surface area contributed by atoms with Gasteiger partial charge < -0.3 is 14.0 Å². The van der Waals surface area contributed by atoms with Crippen LogP contribution in [0.5, 0.6) is 17.4 Å². The zero-order chi connectivity index (χ0) is 16.4. The molecule has 3 aromatic rings. The molecule has 0 N–H and O–H groups in total. The molecule has 2 heterocycles. The molecule has 6 heteroatoms. The van der Waals surface area contributed by atoms with Crippen LogP contribution in [-0.4, -0.2) is 10.1 Å². The Balaban J connectivity index is 1.34. The van der Waals surface area contributed by atoms with Gasteiger partial charge in [-0.15, -0.1) is 0 Å². The summed E-state index contributed by atoms with van der Waals surface area (Å²) in [5.74, 6) is 3.16. The van der Waals surface area contributed by atoms with Gasteiger partial charge in [0, 0.05) is 18.1 Å². The maximum atomic E-state index is 5.84. The SMILES string of the molecule is Clc1cccc(Oc2ccc(OCc3cc(C4CC4)no3)cc2)n1. The quantitative estimate of drug-likeness (QED) is 0.592. The molecule has 24 heavy (non-hydrogen) atoms. The minimum absolute atomic E-state index is 0.357. The molecule has 5 nitrogen and oxygen atoms in total. The molecule has 0 bridgehead atoms. The Kier molecular flexibility index (Phi) is 4.09. The Morgan fingerprint density at radius 1 is 1.08 bits per heavy atom. The summed E-state index contributed by atoms with van der Waals surface area (Å²) in [5.41, 5.74) is 1.03. The van der Waals surface area contributed by atoms with E-state index in [0.29, 0.717) is 29.3 Å². The number of hydrogen-bond acceptors (Lipinski definition) is 5. The van der Waals surface area contributed by atoms with Gasteiger partial charge in [0.25, 0.3) is 0 Å². The van der Waals surface area contributed by atoms with Gasteiger partial charge in [-0.1, -0.05) is 22.8 Å². The highest BCUT2D eigenvalue weighted by molar-refractivity contribution is 6.29. The average molecular weight is 343 g/mol. The van der Waals surface area contributed by atoms with E-state index in [-0.39, 0.29) is 0 Å². The van der Waals surface area contributed by atoms with Crippen LogP contribution in [0.3, 0.4) is 0 Å². The van der Waals surface area contributed by atoms with Crippen molar-refractivity contribution in [2.75, 3.05) is 0 Å². The van der Waals surface area contributed by atoms with Gasteiger partial charge >= 0.3 is 0 Å². The molecule has 1 saturated carbocycles. The maximum absolute atomic E-state index is 5.84. The third-order valence-electron chi connectivity index (χ3n) is 3.69. The number of hydrogen-bond donors (Lipinski definition) is 0. The van der Waals surface area contributed by atoms with Crippen LogP contribution in [0.15, 0.2) is 53.1 Å². The highest BCUT2D eigenvalue weighted by atomic mass is 35.5. The molecule has 0 unspecified atom stereocenters. The molecule has 0 spiro atoms. The minimum atomic E-state index is 0.357. The first kappa shape index (κ1) is 15.0. The number of pyridine rings is 1. The zero-order valence-electron chi connectivity index (χ0n) is 12.8. The van der Waals surface area contributed by atoms with Crippen molar-refractivity contribution in [3.05, 3.63) is 65.1 Å². The topological polar surface area (TPSA) is 57.4 Å². The lowest BCUT2D eigenvalue weighted by Crippen LogP contribution is -1.94. The summed E-state index contributed by atoms with van der Waals surface area (Å²) in [6.07, 6.45) is 2.41. The first-order valence-corrected chi connectivity index (χ1v) is 8.13. The van der Waals surface area contributed by atoms with E-state index in [4.69, 9.17) is 25.6 Å². The van der Waals surface area contributed by atoms with Crippen molar-refractivity contribution >= 4 is 11.6 Å². The number of ether oxygens (including phenoxy) is 2. The smallest absolute Gasteiger partial charge is 0.220 e. The van der Waals surface area contributed by atoms with Gasteiger partial charge in [-0.25, -0.2) is 4.98 Å². The van der Waals surface area contributed by atoms with Crippen molar-refractivity contribution in [3.8, 4) is 17.4 Å². The molecule has 0 radical (unpaired) electrons. The van der Waals surface area contributed by atoms with E-state index in [1.54, 1.807) is 18.2 Å². The second-order valence-electron chi connectivity index (χ2n) is 5.65. The van der Waals surface area contributed by atoms with Gasteiger partial charge in [-0.05, 0) is 43.2 Å². The third-order valence-corrected chi connectivity index (χ3v) is 3.90. The lowest BCUT2D eigenvalue weighted by Gasteiger charge is -2.07. The van der Waals surface area contributed by atoms with Gasteiger partial charge in [0.15, 0.2) is 5.76 Å². The zero-order valence-corrected chi connectivity index (χ0v) is 13.6. The van der Waals surface area contributed by atoms with Crippen LogP contribution >= 0.6 is 11.6 Å². The highest BCUT2D eigenvalue weighted by Crippen LogP contribution is 2.39. The van der Waals surface area contributed by atoms with Crippen LogP contribution in [-0.2, 0) is 6.61 Å². The van der Waals surface area contributed by atoms with E-state index < -0.39 is 0 Å². The third kappa shape index (κ3) is 3.68. The molecule has 0 amide bonds. The van der Waals surface area contributed by atoms with E-state index in [1.807, 2.05) is 30.3 Å². The summed E-state index contributed by atoms with van der Waals surface area (Å²) in [5, 5.41) is 4.46. The Morgan fingerprint density at radius 2 is 1.88 bits per heavy atom. The summed E-state index contributed by atoms with van der Waals surface area (Å²) in [4.78, 5) is 4.08. The van der Waals surface area contributed by atoms with Gasteiger partial charge in [0.05, 0.1) is 5.69 Å². The van der Waals surface area contributed by atoms with Gasteiger partial charge in [0.2, 0.25) is 5.88 Å². The largest absolute Gasteiger partial charge is 0.486 e. The predicted octanol–water partition coefficient (Wildman–Crippen LogP) is 4.97. The molecule has 2 aromatic heterocycles. The fourth-order valence-electron chi connectivity index (χ4n) is 2.29. The summed E-state index contributed by atoms with van der Waals surface area (Å²) in [6.45, 7) is 0.357. The molecule has 0 atom stereocenters. The first-order valence-electron chi connectivity index (χ1n) is 7.75. The fourth-order valence-corrected chi connectivity index (χ4v) is 2.45. The molecule has 0 saturated heterocycles. The second-order valence-corrected chi connectivity index (χ2v) is 6.04. The van der Waals surface area contributed by atoms with Crippen LogP contribution in [0.2, 0.25) is 5.15 Å². The number of benzene rings is 1. The van der Waals surface area contributed by atoms with Crippen molar-refractivity contribution < 1.29 is 14.0 Å². The molecule has 4 rings (SSSR count). The van der Waals surface area contributed by atoms with Crippen LogP contribution in [0.1, 0.15) is 30.2 Å². The fraction of sp³-hybridized carbons (Fsp3) is 0.222. The van der Waals surface area contributed by atoms with E-state index in [1.165, 1.54) is 12.8 Å². The van der Waals surface area contributed by atoms with Crippen molar-refractivity contribution in [2.24, 2.45) is 0 Å². The van der Waals surface area contributed by atoms with Gasteiger partial charge in [-0.3, -0.25) is 0 Å². The Morgan fingerprint density at radius 3 is 2.62 bits per heavy atom. The Labute approximate surface area is 144 Å². The lowest BCUT2D eigenvalue weighted by atomic mass is 10.3. The summed E-state index contributed by atoms with van der Waals surface area (Å²) in [6, 6.07) is 14.5. The number of halogens is 1.